The molecule has 0 N–H and O–H groups in total. The van der Waals surface area contributed by atoms with Crippen LogP contribution in [-0.2, 0) is 11.2 Å². The molecule has 2 nitrogen and oxygen atoms in total. The monoisotopic (exact) mass is 337 g/mol. The van der Waals surface area contributed by atoms with Crippen molar-refractivity contribution >= 4 is 11.5 Å². The normalized spacial score (nSPS) is 24.0. The number of hydrogen-bond donors (Lipinski definition) is 0. The fraction of sp³-hybridized carbons (Fsp3) is 0.565. The first-order valence-electron chi connectivity index (χ1n) is 9.92. The summed E-state index contributed by atoms with van der Waals surface area (Å²) in [5.74, 6) is 1.64. The predicted molar refractivity (Wildman–Crippen MR) is 105 cm³/mol. The Labute approximate surface area is 152 Å². The quantitative estimate of drug-likeness (QED) is 0.688. The van der Waals surface area contributed by atoms with Crippen LogP contribution in [0.25, 0.3) is 0 Å². The zero-order chi connectivity index (χ0) is 17.8. The predicted octanol–water partition coefficient (Wildman–Crippen LogP) is 5.75. The van der Waals surface area contributed by atoms with E-state index in [1.54, 1.807) is 0 Å². The lowest BCUT2D eigenvalue weighted by Gasteiger charge is -2.33. The summed E-state index contributed by atoms with van der Waals surface area (Å²) in [5, 5.41) is 0. The van der Waals surface area contributed by atoms with Crippen molar-refractivity contribution in [2.45, 2.75) is 65.7 Å². The number of allylic oxidation sites excluding steroid dienone is 1. The van der Waals surface area contributed by atoms with E-state index in [4.69, 9.17) is 4.99 Å². The summed E-state index contributed by atoms with van der Waals surface area (Å²) >= 11 is 0. The lowest BCUT2D eigenvalue weighted by Crippen LogP contribution is -2.29. The molecule has 2 atom stereocenters. The number of rotatable bonds is 4. The molecule has 1 aliphatic heterocycles. The molecule has 0 amide bonds. The van der Waals surface area contributed by atoms with E-state index >= 15 is 0 Å². The molecule has 1 heterocycles. The van der Waals surface area contributed by atoms with Gasteiger partial charge >= 0.3 is 0 Å². The van der Waals surface area contributed by atoms with E-state index < -0.39 is 0 Å². The van der Waals surface area contributed by atoms with E-state index in [-0.39, 0.29) is 5.92 Å². The third-order valence-corrected chi connectivity index (χ3v) is 5.88. The molecule has 134 valence electrons. The number of carbonyl (C=O) groups is 1. The fourth-order valence-electron chi connectivity index (χ4n) is 4.21. The molecule has 2 unspecified atom stereocenters. The highest BCUT2D eigenvalue weighted by molar-refractivity contribution is 6.03. The Hall–Kier alpha value is -1.70. The van der Waals surface area contributed by atoms with Gasteiger partial charge in [-0.15, -0.1) is 0 Å². The van der Waals surface area contributed by atoms with Crippen LogP contribution in [0.1, 0.15) is 70.4 Å². The van der Waals surface area contributed by atoms with Crippen LogP contribution in [0.2, 0.25) is 0 Å². The molecule has 1 fully saturated rings. The average molecular weight is 338 g/mol. The van der Waals surface area contributed by atoms with Crippen LogP contribution in [0.5, 0.6) is 0 Å². The largest absolute Gasteiger partial charge is 0.299 e. The molecular weight excluding hydrogens is 306 g/mol. The molecule has 1 aromatic carbocycles. The first kappa shape index (κ1) is 18.1. The first-order chi connectivity index (χ1) is 12.1. The molecule has 0 radical (unpaired) electrons. The van der Waals surface area contributed by atoms with E-state index in [9.17, 15) is 4.79 Å². The number of carbonyl (C=O) groups excluding carboxylic acids is 1. The van der Waals surface area contributed by atoms with Crippen LogP contribution < -0.4 is 0 Å². The minimum Gasteiger partial charge on any atom is -0.299 e. The molecule has 0 saturated heterocycles. The standard InChI is InChI=1S/C23H31NO/c1-16(2)22(25)14-18-10-12-19(13-11-18)23-21-9-7-5-4-6-8-20(21)17(3)15-24-23/h10-13,15-16,20-21H,4-9,14H2,1-3H3. The van der Waals surface area contributed by atoms with E-state index in [0.29, 0.717) is 24.0 Å². The number of aliphatic imine (C=N–C) groups is 1. The van der Waals surface area contributed by atoms with Gasteiger partial charge in [0.2, 0.25) is 0 Å². The van der Waals surface area contributed by atoms with Crippen molar-refractivity contribution in [1.29, 1.82) is 0 Å². The van der Waals surface area contributed by atoms with Gasteiger partial charge < -0.3 is 0 Å². The number of benzene rings is 1. The SMILES string of the molecule is CC1=CN=C(c2ccc(CC(=O)C(C)C)cc2)C2CCCCCCC12. The molecule has 0 aromatic heterocycles. The molecule has 2 aliphatic rings. The topological polar surface area (TPSA) is 29.4 Å². The minimum atomic E-state index is 0.103. The maximum atomic E-state index is 12.0. The number of ketones is 1. The molecule has 2 heteroatoms. The zero-order valence-electron chi connectivity index (χ0n) is 15.9. The lowest BCUT2D eigenvalue weighted by atomic mass is 9.73. The van der Waals surface area contributed by atoms with Crippen LogP contribution in [0.15, 0.2) is 41.0 Å². The van der Waals surface area contributed by atoms with Crippen LogP contribution in [0, 0.1) is 17.8 Å². The van der Waals surface area contributed by atoms with Crippen molar-refractivity contribution in [3.63, 3.8) is 0 Å². The summed E-state index contributed by atoms with van der Waals surface area (Å²) < 4.78 is 0. The highest BCUT2D eigenvalue weighted by Gasteiger charge is 2.31. The minimum absolute atomic E-state index is 0.103. The third kappa shape index (κ3) is 4.29. The van der Waals surface area contributed by atoms with Crippen LogP contribution in [-0.4, -0.2) is 11.5 Å². The Morgan fingerprint density at radius 2 is 1.68 bits per heavy atom. The highest BCUT2D eigenvalue weighted by atomic mass is 16.1. The second kappa shape index (κ2) is 8.12. The van der Waals surface area contributed by atoms with E-state index in [2.05, 4.69) is 37.4 Å². The molecule has 1 aromatic rings. The van der Waals surface area contributed by atoms with Crippen molar-refractivity contribution in [2.75, 3.05) is 0 Å². The highest BCUT2D eigenvalue weighted by Crippen LogP contribution is 2.38. The summed E-state index contributed by atoms with van der Waals surface area (Å²) in [6.45, 7) is 6.19. The maximum absolute atomic E-state index is 12.0. The van der Waals surface area contributed by atoms with Crippen molar-refractivity contribution in [1.82, 2.24) is 0 Å². The molecular formula is C23H31NO. The number of hydrogen-bond acceptors (Lipinski definition) is 2. The van der Waals surface area contributed by atoms with Gasteiger partial charge in [0.15, 0.2) is 0 Å². The zero-order valence-corrected chi connectivity index (χ0v) is 15.9. The summed E-state index contributed by atoms with van der Waals surface area (Å²) in [5.41, 5.74) is 5.06. The van der Waals surface area contributed by atoms with Crippen molar-refractivity contribution < 1.29 is 4.79 Å². The van der Waals surface area contributed by atoms with Crippen LogP contribution >= 0.6 is 0 Å². The number of nitrogens with zero attached hydrogens (tertiary/aromatic N) is 1. The van der Waals surface area contributed by atoms with Crippen molar-refractivity contribution in [3.8, 4) is 0 Å². The lowest BCUT2D eigenvalue weighted by molar-refractivity contribution is -0.121. The van der Waals surface area contributed by atoms with Gasteiger partial charge in [-0.2, -0.15) is 0 Å². The van der Waals surface area contributed by atoms with Gasteiger partial charge in [0.05, 0.1) is 5.71 Å². The number of fused-ring (bicyclic) bond motifs is 1. The molecule has 3 rings (SSSR count). The first-order valence-corrected chi connectivity index (χ1v) is 9.92. The van der Waals surface area contributed by atoms with Crippen LogP contribution in [0.4, 0.5) is 0 Å². The third-order valence-electron chi connectivity index (χ3n) is 5.88. The van der Waals surface area contributed by atoms with Gasteiger partial charge in [-0.1, -0.05) is 69.4 Å². The summed E-state index contributed by atoms with van der Waals surface area (Å²) in [7, 11) is 0. The van der Waals surface area contributed by atoms with E-state index in [0.717, 1.165) is 5.56 Å². The Balaban J connectivity index is 1.80. The Kier molecular flexibility index (Phi) is 5.88. The molecule has 0 spiro atoms. The number of Topliss-reactive ketones (excluding diaryl/α,β-unsaturated/α-hetero) is 1. The van der Waals surface area contributed by atoms with Crippen LogP contribution in [0.3, 0.4) is 0 Å². The summed E-state index contributed by atoms with van der Waals surface area (Å²) in [6.07, 6.45) is 10.6. The van der Waals surface area contributed by atoms with Crippen molar-refractivity contribution in [2.24, 2.45) is 22.7 Å². The summed E-state index contributed by atoms with van der Waals surface area (Å²) in [6, 6.07) is 8.57. The second-order valence-electron chi connectivity index (χ2n) is 8.09. The summed E-state index contributed by atoms with van der Waals surface area (Å²) in [4.78, 5) is 16.8. The van der Waals surface area contributed by atoms with Gasteiger partial charge in [0, 0.05) is 24.5 Å². The van der Waals surface area contributed by atoms with Gasteiger partial charge in [-0.05, 0) is 36.8 Å². The van der Waals surface area contributed by atoms with Gasteiger partial charge in [0.25, 0.3) is 0 Å². The van der Waals surface area contributed by atoms with E-state index in [1.165, 1.54) is 55.4 Å². The van der Waals surface area contributed by atoms with Crippen molar-refractivity contribution in [3.05, 3.63) is 47.2 Å². The smallest absolute Gasteiger partial charge is 0.139 e. The molecule has 1 saturated carbocycles. The van der Waals surface area contributed by atoms with Gasteiger partial charge in [-0.25, -0.2) is 0 Å². The van der Waals surface area contributed by atoms with Gasteiger partial charge in [0.1, 0.15) is 5.78 Å². The maximum Gasteiger partial charge on any atom is 0.139 e. The molecule has 1 aliphatic carbocycles. The Bertz CT molecular complexity index is 666. The van der Waals surface area contributed by atoms with E-state index in [1.807, 2.05) is 13.8 Å². The van der Waals surface area contributed by atoms with Gasteiger partial charge in [-0.3, -0.25) is 9.79 Å². The Morgan fingerprint density at radius 1 is 1.04 bits per heavy atom. The molecule has 0 bridgehead atoms. The average Bonchev–Trinajstić information content (AvgIpc) is 2.57. The second-order valence-corrected chi connectivity index (χ2v) is 8.09. The Morgan fingerprint density at radius 3 is 2.32 bits per heavy atom. The molecule has 25 heavy (non-hydrogen) atoms. The fourth-order valence-corrected chi connectivity index (χ4v) is 4.21.